The lowest BCUT2D eigenvalue weighted by molar-refractivity contribution is -0.140. The molecule has 0 aliphatic carbocycles. The molecule has 1 aliphatic rings. The zero-order chi connectivity index (χ0) is 10.2. The summed E-state index contributed by atoms with van der Waals surface area (Å²) >= 11 is 0. The Kier molecular flexibility index (Phi) is 2.64. The van der Waals surface area contributed by atoms with Crippen LogP contribution in [0.1, 0.15) is 34.1 Å². The van der Waals surface area contributed by atoms with Crippen molar-refractivity contribution in [2.75, 3.05) is 6.54 Å². The molecule has 0 radical (unpaired) electrons. The highest BCUT2D eigenvalue weighted by Crippen LogP contribution is 2.26. The Morgan fingerprint density at radius 1 is 1.46 bits per heavy atom. The van der Waals surface area contributed by atoms with Crippen molar-refractivity contribution in [1.82, 2.24) is 4.90 Å². The second-order valence-electron chi connectivity index (χ2n) is 4.89. The first-order valence-electron chi connectivity index (χ1n) is 4.77. The Labute approximate surface area is 79.1 Å². The average Bonchev–Trinajstić information content (AvgIpc) is 2.26. The van der Waals surface area contributed by atoms with Gasteiger partial charge in [-0.05, 0) is 6.92 Å². The van der Waals surface area contributed by atoms with E-state index in [4.69, 9.17) is 0 Å². The van der Waals surface area contributed by atoms with Crippen molar-refractivity contribution in [3.8, 4) is 0 Å². The highest BCUT2D eigenvalue weighted by atomic mass is 19.1. The fourth-order valence-electron chi connectivity index (χ4n) is 1.68. The molecule has 0 aromatic heterocycles. The molecule has 0 bridgehead atoms. The van der Waals surface area contributed by atoms with Crippen molar-refractivity contribution >= 4 is 5.91 Å². The van der Waals surface area contributed by atoms with Crippen molar-refractivity contribution in [3.63, 3.8) is 0 Å². The largest absolute Gasteiger partial charge is 0.337 e. The second kappa shape index (κ2) is 3.28. The first-order chi connectivity index (χ1) is 5.82. The van der Waals surface area contributed by atoms with Crippen molar-refractivity contribution < 1.29 is 9.18 Å². The number of nitrogens with zero attached hydrogens (tertiary/aromatic N) is 1. The predicted octanol–water partition coefficient (Wildman–Crippen LogP) is 1.99. The Morgan fingerprint density at radius 2 is 2.00 bits per heavy atom. The van der Waals surface area contributed by atoms with E-state index in [0.29, 0.717) is 6.42 Å². The average molecular weight is 187 g/mol. The summed E-state index contributed by atoms with van der Waals surface area (Å²) in [5.41, 5.74) is -0.391. The van der Waals surface area contributed by atoms with E-state index in [1.54, 1.807) is 4.90 Å². The van der Waals surface area contributed by atoms with Gasteiger partial charge in [0.05, 0.1) is 6.54 Å². The van der Waals surface area contributed by atoms with Gasteiger partial charge in [0.15, 0.2) is 0 Å². The molecule has 2 nitrogen and oxygen atoms in total. The standard InChI is InChI=1S/C10H18FNO/c1-7-5-8(11)6-12(7)9(13)10(2,3)4/h7-8H,5-6H2,1-4H3. The van der Waals surface area contributed by atoms with Crippen LogP contribution in [0.2, 0.25) is 0 Å². The van der Waals surface area contributed by atoms with E-state index in [2.05, 4.69) is 0 Å². The van der Waals surface area contributed by atoms with Crippen LogP contribution in [0.4, 0.5) is 4.39 Å². The third-order valence-electron chi connectivity index (χ3n) is 2.43. The van der Waals surface area contributed by atoms with Crippen LogP contribution in [0.5, 0.6) is 0 Å². The molecule has 1 rings (SSSR count). The van der Waals surface area contributed by atoms with Crippen molar-refractivity contribution in [2.24, 2.45) is 5.41 Å². The van der Waals surface area contributed by atoms with Crippen molar-refractivity contribution in [3.05, 3.63) is 0 Å². The molecule has 1 amide bonds. The number of likely N-dealkylation sites (tertiary alicyclic amines) is 1. The molecule has 0 aromatic rings. The fourth-order valence-corrected chi connectivity index (χ4v) is 1.68. The minimum atomic E-state index is -0.832. The molecule has 1 saturated heterocycles. The summed E-state index contributed by atoms with van der Waals surface area (Å²) in [6, 6.07) is 0.0572. The van der Waals surface area contributed by atoms with E-state index >= 15 is 0 Å². The second-order valence-corrected chi connectivity index (χ2v) is 4.89. The van der Waals surface area contributed by atoms with Crippen LogP contribution in [0.3, 0.4) is 0 Å². The summed E-state index contributed by atoms with van der Waals surface area (Å²) in [4.78, 5) is 13.4. The van der Waals surface area contributed by atoms with E-state index in [-0.39, 0.29) is 18.5 Å². The predicted molar refractivity (Wildman–Crippen MR) is 50.1 cm³/mol. The molecule has 13 heavy (non-hydrogen) atoms. The van der Waals surface area contributed by atoms with Gasteiger partial charge in [0.25, 0.3) is 0 Å². The monoisotopic (exact) mass is 187 g/mol. The highest BCUT2D eigenvalue weighted by Gasteiger charge is 2.36. The number of rotatable bonds is 0. The summed E-state index contributed by atoms with van der Waals surface area (Å²) in [6.07, 6.45) is -0.344. The van der Waals surface area contributed by atoms with Crippen LogP contribution in [0.25, 0.3) is 0 Å². The zero-order valence-electron chi connectivity index (χ0n) is 8.80. The molecular weight excluding hydrogens is 169 g/mol. The zero-order valence-corrected chi connectivity index (χ0v) is 8.80. The number of carbonyl (C=O) groups is 1. The molecule has 3 heteroatoms. The molecule has 1 fully saturated rings. The van der Waals surface area contributed by atoms with Crippen LogP contribution in [-0.4, -0.2) is 29.6 Å². The van der Waals surface area contributed by atoms with E-state index in [9.17, 15) is 9.18 Å². The Bertz CT molecular complexity index is 209. The normalized spacial score (nSPS) is 29.5. The molecule has 2 unspecified atom stereocenters. The molecule has 1 aliphatic heterocycles. The lowest BCUT2D eigenvalue weighted by atomic mass is 9.94. The SMILES string of the molecule is CC1CC(F)CN1C(=O)C(C)(C)C. The van der Waals surface area contributed by atoms with Gasteiger partial charge in [-0.3, -0.25) is 4.79 Å². The molecule has 76 valence electrons. The van der Waals surface area contributed by atoms with Gasteiger partial charge in [-0.2, -0.15) is 0 Å². The topological polar surface area (TPSA) is 20.3 Å². The molecule has 1 heterocycles. The molecule has 0 N–H and O–H groups in total. The van der Waals surface area contributed by atoms with Gasteiger partial charge in [0.2, 0.25) is 5.91 Å². The van der Waals surface area contributed by atoms with Crippen molar-refractivity contribution in [1.29, 1.82) is 0 Å². The van der Waals surface area contributed by atoms with E-state index in [1.165, 1.54) is 0 Å². The third kappa shape index (κ3) is 2.20. The molecule has 0 saturated carbocycles. The maximum absolute atomic E-state index is 13.0. The smallest absolute Gasteiger partial charge is 0.228 e. The van der Waals surface area contributed by atoms with Crippen LogP contribution >= 0.6 is 0 Å². The van der Waals surface area contributed by atoms with E-state index in [1.807, 2.05) is 27.7 Å². The number of hydrogen-bond donors (Lipinski definition) is 0. The van der Waals surface area contributed by atoms with Crippen LogP contribution < -0.4 is 0 Å². The van der Waals surface area contributed by atoms with Crippen LogP contribution in [0.15, 0.2) is 0 Å². The van der Waals surface area contributed by atoms with Gasteiger partial charge in [0, 0.05) is 17.9 Å². The van der Waals surface area contributed by atoms with Gasteiger partial charge >= 0.3 is 0 Å². The Balaban J connectivity index is 2.68. The number of carbonyl (C=O) groups excluding carboxylic acids is 1. The van der Waals surface area contributed by atoms with Crippen LogP contribution in [-0.2, 0) is 4.79 Å². The Hall–Kier alpha value is -0.600. The maximum Gasteiger partial charge on any atom is 0.228 e. The Morgan fingerprint density at radius 3 is 2.31 bits per heavy atom. The van der Waals surface area contributed by atoms with Gasteiger partial charge in [0.1, 0.15) is 6.17 Å². The quantitative estimate of drug-likeness (QED) is 0.568. The van der Waals surface area contributed by atoms with Crippen LogP contribution in [0, 0.1) is 5.41 Å². The van der Waals surface area contributed by atoms with Gasteiger partial charge < -0.3 is 4.90 Å². The lowest BCUT2D eigenvalue weighted by Gasteiger charge is -2.28. The highest BCUT2D eigenvalue weighted by molar-refractivity contribution is 5.82. The third-order valence-corrected chi connectivity index (χ3v) is 2.43. The molecular formula is C10H18FNO. The van der Waals surface area contributed by atoms with Gasteiger partial charge in [-0.25, -0.2) is 4.39 Å². The molecule has 0 aromatic carbocycles. The summed E-state index contributed by atoms with van der Waals surface area (Å²) in [5.74, 6) is 0.0557. The molecule has 2 atom stereocenters. The van der Waals surface area contributed by atoms with E-state index < -0.39 is 11.6 Å². The number of halogens is 1. The first-order valence-corrected chi connectivity index (χ1v) is 4.77. The number of amides is 1. The maximum atomic E-state index is 13.0. The van der Waals surface area contributed by atoms with Gasteiger partial charge in [-0.1, -0.05) is 20.8 Å². The number of alkyl halides is 1. The van der Waals surface area contributed by atoms with E-state index in [0.717, 1.165) is 0 Å². The minimum absolute atomic E-state index is 0.0557. The molecule has 0 spiro atoms. The summed E-state index contributed by atoms with van der Waals surface area (Å²) in [5, 5.41) is 0. The number of hydrogen-bond acceptors (Lipinski definition) is 1. The fraction of sp³-hybridized carbons (Fsp3) is 0.900. The van der Waals surface area contributed by atoms with Crippen molar-refractivity contribution in [2.45, 2.75) is 46.3 Å². The first kappa shape index (κ1) is 10.5. The minimum Gasteiger partial charge on any atom is -0.337 e. The summed E-state index contributed by atoms with van der Waals surface area (Å²) < 4.78 is 13.0. The summed E-state index contributed by atoms with van der Waals surface area (Å²) in [7, 11) is 0. The van der Waals surface area contributed by atoms with Gasteiger partial charge in [-0.15, -0.1) is 0 Å². The summed E-state index contributed by atoms with van der Waals surface area (Å²) in [6.45, 7) is 7.79. The lowest BCUT2D eigenvalue weighted by Crippen LogP contribution is -2.41.